The van der Waals surface area contributed by atoms with Gasteiger partial charge in [-0.25, -0.2) is 0 Å². The van der Waals surface area contributed by atoms with Crippen molar-refractivity contribution in [2.24, 2.45) is 0 Å². The van der Waals surface area contributed by atoms with E-state index in [1.165, 1.54) is 0 Å². The molecule has 0 aliphatic rings. The van der Waals surface area contributed by atoms with Gasteiger partial charge in [-0.05, 0) is 11.7 Å². The van der Waals surface area contributed by atoms with Crippen LogP contribution in [0.3, 0.4) is 0 Å². The Labute approximate surface area is 72.9 Å². The Hall–Kier alpha value is -0.622. The number of benzene rings is 1. The number of aromatic nitrogens is 2. The van der Waals surface area contributed by atoms with Crippen molar-refractivity contribution in [2.45, 2.75) is 0 Å². The topological polar surface area (TPSA) is 28.7 Å². The van der Waals surface area contributed by atoms with E-state index in [1.807, 2.05) is 24.3 Å². The van der Waals surface area contributed by atoms with Crippen LogP contribution < -0.4 is 0 Å². The summed E-state index contributed by atoms with van der Waals surface area (Å²) in [5, 5.41) is 7.60. The summed E-state index contributed by atoms with van der Waals surface area (Å²) in [6.07, 6.45) is 2.81. The third-order valence-corrected chi connectivity index (χ3v) is 1.28. The van der Waals surface area contributed by atoms with Crippen molar-refractivity contribution in [2.75, 3.05) is 0 Å². The molecule has 1 heterocycles. The minimum absolute atomic E-state index is 0. The zero-order chi connectivity index (χ0) is 6.10. The van der Waals surface area contributed by atoms with Crippen LogP contribution in [0.5, 0.6) is 0 Å². The summed E-state index contributed by atoms with van der Waals surface area (Å²) >= 11 is 0. The van der Waals surface area contributed by atoms with Crippen molar-refractivity contribution in [1.82, 2.24) is 10.2 Å². The van der Waals surface area contributed by atoms with Gasteiger partial charge in [-0.15, -0.1) is 11.5 Å². The molecule has 0 unspecified atom stereocenters. The van der Waals surface area contributed by atoms with Gasteiger partial charge in [0, 0.05) is 21.1 Å². The molecule has 0 spiro atoms. The van der Waals surface area contributed by atoms with Crippen LogP contribution in [0.25, 0.3) is 10.9 Å². The van der Waals surface area contributed by atoms with Gasteiger partial charge in [0.1, 0.15) is 0 Å². The van der Waals surface area contributed by atoms with Gasteiger partial charge < -0.3 is 5.10 Å². The van der Waals surface area contributed by atoms with Crippen molar-refractivity contribution in [3.63, 3.8) is 0 Å². The molecule has 1 N–H and O–H groups in total. The van der Waals surface area contributed by atoms with Gasteiger partial charge in [-0.2, -0.15) is 6.07 Å². The van der Waals surface area contributed by atoms with Crippen LogP contribution in [-0.2, 0) is 21.1 Å². The third-order valence-electron chi connectivity index (χ3n) is 1.28. The summed E-state index contributed by atoms with van der Waals surface area (Å²) < 4.78 is 0. The summed E-state index contributed by atoms with van der Waals surface area (Å²) in [5.74, 6) is 0. The second-order valence-electron chi connectivity index (χ2n) is 1.88. The molecular weight excluding hydrogens is 296 g/mol. The van der Waals surface area contributed by atoms with Crippen LogP contribution >= 0.6 is 0 Å². The van der Waals surface area contributed by atoms with E-state index in [-0.39, 0.29) is 21.1 Å². The van der Waals surface area contributed by atoms with Crippen LogP contribution in [0, 0.1) is 6.20 Å². The van der Waals surface area contributed by atoms with Crippen molar-refractivity contribution < 1.29 is 21.1 Å². The first-order valence-corrected chi connectivity index (χ1v) is 2.77. The maximum atomic E-state index is 3.75. The largest absolute Gasteiger partial charge is 0.344 e. The molecule has 0 saturated heterocycles. The number of para-hydroxylation sites is 1. The quantitative estimate of drug-likeness (QED) is 0.731. The summed E-state index contributed by atoms with van der Waals surface area (Å²) in [4.78, 5) is 0. The molecule has 2 rings (SSSR count). The molecule has 0 atom stereocenters. The summed E-state index contributed by atoms with van der Waals surface area (Å²) in [6, 6.07) is 7.88. The molecule has 0 aliphatic heterocycles. The predicted molar refractivity (Wildman–Crippen MR) is 34.9 cm³/mol. The fourth-order valence-electron chi connectivity index (χ4n) is 0.827. The monoisotopic (exact) mass is 301 g/mol. The van der Waals surface area contributed by atoms with Crippen molar-refractivity contribution >= 4 is 10.9 Å². The second-order valence-corrected chi connectivity index (χ2v) is 1.88. The van der Waals surface area contributed by atoms with Crippen LogP contribution in [0.1, 0.15) is 0 Å². The normalized spacial score (nSPS) is 9.20. The molecule has 0 radical (unpaired) electrons. The number of fused-ring (bicyclic) bond motifs is 1. The van der Waals surface area contributed by atoms with Gasteiger partial charge in [-0.3, -0.25) is 5.10 Å². The number of hydrogen-bond acceptors (Lipinski definition) is 1. The van der Waals surface area contributed by atoms with E-state index in [0.717, 1.165) is 10.9 Å². The Morgan fingerprint density at radius 1 is 1.30 bits per heavy atom. The van der Waals surface area contributed by atoms with Gasteiger partial charge in [0.05, 0.1) is 0 Å². The number of hydrogen-bond donors (Lipinski definition) is 1. The van der Waals surface area contributed by atoms with Gasteiger partial charge in [0.15, 0.2) is 0 Å². The van der Waals surface area contributed by atoms with Crippen LogP contribution in [0.2, 0.25) is 0 Å². The van der Waals surface area contributed by atoms with Crippen LogP contribution in [0.4, 0.5) is 0 Å². The molecule has 1 aromatic heterocycles. The van der Waals surface area contributed by atoms with Gasteiger partial charge in [0.25, 0.3) is 0 Å². The fraction of sp³-hybridized carbons (Fsp3) is 0. The smallest absolute Gasteiger partial charge is 0 e. The SMILES string of the molecule is [W].[c-]1n[nH]c2ccccc12. The summed E-state index contributed by atoms with van der Waals surface area (Å²) in [5.41, 5.74) is 1.04. The second kappa shape index (κ2) is 2.98. The fourth-order valence-corrected chi connectivity index (χ4v) is 0.827. The zero-order valence-corrected chi connectivity index (χ0v) is 8.10. The van der Waals surface area contributed by atoms with Crippen molar-refractivity contribution in [3.8, 4) is 0 Å². The van der Waals surface area contributed by atoms with Crippen LogP contribution in [0.15, 0.2) is 24.3 Å². The first-order valence-electron chi connectivity index (χ1n) is 2.77. The Kier molecular flexibility index (Phi) is 2.23. The number of H-pyrrole nitrogens is 1. The molecule has 2 aromatic rings. The van der Waals surface area contributed by atoms with Crippen molar-refractivity contribution in [3.05, 3.63) is 30.5 Å². The van der Waals surface area contributed by atoms with Crippen LogP contribution in [-0.4, -0.2) is 10.2 Å². The molecule has 0 amide bonds. The van der Waals surface area contributed by atoms with Gasteiger partial charge in [-0.1, -0.05) is 12.1 Å². The number of rotatable bonds is 0. The van der Waals surface area contributed by atoms with E-state index < -0.39 is 0 Å². The Balaban J connectivity index is 0.000000500. The molecule has 10 heavy (non-hydrogen) atoms. The molecule has 2 nitrogen and oxygen atoms in total. The van der Waals surface area contributed by atoms with E-state index in [4.69, 9.17) is 0 Å². The van der Waals surface area contributed by atoms with E-state index in [9.17, 15) is 0 Å². The van der Waals surface area contributed by atoms with Crippen molar-refractivity contribution in [1.29, 1.82) is 0 Å². The minimum atomic E-state index is 0. The number of aromatic amines is 1. The maximum Gasteiger partial charge on any atom is 0 e. The molecule has 0 aliphatic carbocycles. The Morgan fingerprint density at radius 3 is 2.90 bits per heavy atom. The first kappa shape index (κ1) is 7.48. The third kappa shape index (κ3) is 1.12. The summed E-state index contributed by atoms with van der Waals surface area (Å²) in [6.45, 7) is 0. The standard InChI is InChI=1S/C7H5N2.W/c1-2-4-7-6(3-1)5-8-9-7;/h1-4H,(H,8,9);/q-1;. The van der Waals surface area contributed by atoms with E-state index in [1.54, 1.807) is 0 Å². The molecule has 0 saturated carbocycles. The molecule has 50 valence electrons. The molecule has 0 bridgehead atoms. The molecule has 3 heteroatoms. The van der Waals surface area contributed by atoms with E-state index >= 15 is 0 Å². The maximum absolute atomic E-state index is 3.75. The molecule has 1 aromatic carbocycles. The summed E-state index contributed by atoms with van der Waals surface area (Å²) in [7, 11) is 0. The van der Waals surface area contributed by atoms with E-state index in [2.05, 4.69) is 16.4 Å². The number of nitrogens with one attached hydrogen (secondary N) is 1. The number of nitrogens with zero attached hydrogens (tertiary/aromatic N) is 1. The van der Waals surface area contributed by atoms with Gasteiger partial charge in [0.2, 0.25) is 0 Å². The Morgan fingerprint density at radius 2 is 2.10 bits per heavy atom. The molecular formula is C7H5N2W-. The zero-order valence-electron chi connectivity index (χ0n) is 5.16. The predicted octanol–water partition coefficient (Wildman–Crippen LogP) is 1.36. The average molecular weight is 301 g/mol. The first-order chi connectivity index (χ1) is 4.47. The molecule has 0 fully saturated rings. The van der Waals surface area contributed by atoms with Gasteiger partial charge >= 0.3 is 0 Å². The average Bonchev–Trinajstić information content (AvgIpc) is 2.33. The minimum Gasteiger partial charge on any atom is -0.344 e. The van der Waals surface area contributed by atoms with E-state index in [0.29, 0.717) is 0 Å². The Bertz CT molecular complexity index is 286.